The highest BCUT2D eigenvalue weighted by Gasteiger charge is 2.17. The Kier molecular flexibility index (Phi) is 4.07. The van der Waals surface area contributed by atoms with Crippen molar-refractivity contribution in [3.8, 4) is 5.88 Å². The van der Waals surface area contributed by atoms with Crippen molar-refractivity contribution in [2.75, 3.05) is 7.11 Å². The molecule has 0 saturated heterocycles. The van der Waals surface area contributed by atoms with E-state index in [0.29, 0.717) is 27.2 Å². The zero-order valence-corrected chi connectivity index (χ0v) is 11.1. The van der Waals surface area contributed by atoms with Gasteiger partial charge < -0.3 is 9.84 Å². The predicted octanol–water partition coefficient (Wildman–Crippen LogP) is 3.48. The molecule has 1 N–H and O–H groups in total. The lowest BCUT2D eigenvalue weighted by Crippen LogP contribution is -2.04. The van der Waals surface area contributed by atoms with E-state index in [9.17, 15) is 5.11 Å². The van der Waals surface area contributed by atoms with Crippen molar-refractivity contribution in [3.05, 3.63) is 57.7 Å². The van der Waals surface area contributed by atoms with E-state index in [0.717, 1.165) is 0 Å². The summed E-state index contributed by atoms with van der Waals surface area (Å²) in [5.74, 6) is 0.435. The number of pyridine rings is 1. The first-order valence-electron chi connectivity index (χ1n) is 5.26. The van der Waals surface area contributed by atoms with Gasteiger partial charge in [-0.15, -0.1) is 0 Å². The second-order valence-electron chi connectivity index (χ2n) is 3.65. The van der Waals surface area contributed by atoms with Crippen molar-refractivity contribution in [1.82, 2.24) is 4.98 Å². The molecule has 0 bridgehead atoms. The molecule has 0 spiro atoms. The fourth-order valence-electron chi connectivity index (χ4n) is 1.59. The van der Waals surface area contributed by atoms with Gasteiger partial charge in [-0.25, -0.2) is 4.98 Å². The molecule has 94 valence electrons. The highest BCUT2D eigenvalue weighted by Crippen LogP contribution is 2.32. The molecule has 0 radical (unpaired) electrons. The minimum Gasteiger partial charge on any atom is -0.481 e. The van der Waals surface area contributed by atoms with Crippen LogP contribution in [-0.4, -0.2) is 17.2 Å². The number of aliphatic hydroxyl groups is 1. The van der Waals surface area contributed by atoms with E-state index in [1.54, 1.807) is 36.4 Å². The molecule has 0 aliphatic rings. The van der Waals surface area contributed by atoms with Crippen LogP contribution in [-0.2, 0) is 0 Å². The van der Waals surface area contributed by atoms with Crippen LogP contribution in [0.1, 0.15) is 17.4 Å². The summed E-state index contributed by atoms with van der Waals surface area (Å²) in [6.07, 6.45) is -0.939. The first-order chi connectivity index (χ1) is 8.63. The van der Waals surface area contributed by atoms with Crippen LogP contribution in [0.3, 0.4) is 0 Å². The van der Waals surface area contributed by atoms with Crippen molar-refractivity contribution < 1.29 is 9.84 Å². The number of rotatable bonds is 3. The first kappa shape index (κ1) is 13.1. The summed E-state index contributed by atoms with van der Waals surface area (Å²) in [5, 5.41) is 11.0. The maximum atomic E-state index is 10.3. The Bertz CT molecular complexity index is 560. The highest BCUT2D eigenvalue weighted by atomic mass is 35.5. The molecule has 2 rings (SSSR count). The molecule has 0 amide bonds. The SMILES string of the molecule is COc1cccc(C(O)c2cccc(Cl)c2Cl)n1. The Morgan fingerprint density at radius 3 is 2.61 bits per heavy atom. The topological polar surface area (TPSA) is 42.4 Å². The molecule has 1 aromatic heterocycles. The Balaban J connectivity index is 2.41. The van der Waals surface area contributed by atoms with E-state index in [1.807, 2.05) is 0 Å². The molecule has 0 aliphatic carbocycles. The average Bonchev–Trinajstić information content (AvgIpc) is 2.41. The van der Waals surface area contributed by atoms with Gasteiger partial charge in [0.15, 0.2) is 0 Å². The Hall–Kier alpha value is -1.29. The van der Waals surface area contributed by atoms with Crippen molar-refractivity contribution in [2.24, 2.45) is 0 Å². The van der Waals surface area contributed by atoms with Gasteiger partial charge in [0, 0.05) is 11.6 Å². The molecule has 1 unspecified atom stereocenters. The summed E-state index contributed by atoms with van der Waals surface area (Å²) >= 11 is 12.0. The second kappa shape index (κ2) is 5.57. The fourth-order valence-corrected chi connectivity index (χ4v) is 2.00. The Morgan fingerprint density at radius 2 is 1.89 bits per heavy atom. The molecule has 1 heterocycles. The lowest BCUT2D eigenvalue weighted by Gasteiger charge is -2.13. The number of methoxy groups -OCH3 is 1. The molecule has 3 nitrogen and oxygen atoms in total. The van der Waals surface area contributed by atoms with Gasteiger partial charge in [-0.3, -0.25) is 0 Å². The van der Waals surface area contributed by atoms with E-state index >= 15 is 0 Å². The summed E-state index contributed by atoms with van der Waals surface area (Å²) in [6.45, 7) is 0. The van der Waals surface area contributed by atoms with Gasteiger partial charge in [0.2, 0.25) is 5.88 Å². The molecule has 1 aromatic carbocycles. The van der Waals surface area contributed by atoms with Gasteiger partial charge in [-0.2, -0.15) is 0 Å². The van der Waals surface area contributed by atoms with E-state index in [1.165, 1.54) is 7.11 Å². The molecule has 2 aromatic rings. The minimum atomic E-state index is -0.939. The Labute approximate surface area is 115 Å². The molecular weight excluding hydrogens is 273 g/mol. The van der Waals surface area contributed by atoms with E-state index in [-0.39, 0.29) is 0 Å². The third-order valence-corrected chi connectivity index (χ3v) is 3.34. The first-order valence-corrected chi connectivity index (χ1v) is 6.02. The van der Waals surface area contributed by atoms with Crippen LogP contribution in [0.4, 0.5) is 0 Å². The van der Waals surface area contributed by atoms with Crippen molar-refractivity contribution in [1.29, 1.82) is 0 Å². The summed E-state index contributed by atoms with van der Waals surface area (Å²) in [5.41, 5.74) is 0.975. The van der Waals surface area contributed by atoms with Gasteiger partial charge in [0.25, 0.3) is 0 Å². The van der Waals surface area contributed by atoms with E-state index in [4.69, 9.17) is 27.9 Å². The third kappa shape index (κ3) is 2.58. The highest BCUT2D eigenvalue weighted by molar-refractivity contribution is 6.42. The predicted molar refractivity (Wildman–Crippen MR) is 71.3 cm³/mol. The number of ether oxygens (including phenoxy) is 1. The zero-order chi connectivity index (χ0) is 13.1. The summed E-state index contributed by atoms with van der Waals surface area (Å²) in [4.78, 5) is 4.16. The normalized spacial score (nSPS) is 12.2. The minimum absolute atomic E-state index is 0.330. The lowest BCUT2D eigenvalue weighted by molar-refractivity contribution is 0.214. The quantitative estimate of drug-likeness (QED) is 0.938. The van der Waals surface area contributed by atoms with Crippen LogP contribution in [0.5, 0.6) is 5.88 Å². The lowest BCUT2D eigenvalue weighted by atomic mass is 10.1. The van der Waals surface area contributed by atoms with Crippen molar-refractivity contribution >= 4 is 23.2 Å². The van der Waals surface area contributed by atoms with Crippen molar-refractivity contribution in [3.63, 3.8) is 0 Å². The van der Waals surface area contributed by atoms with Crippen LogP contribution in [0.25, 0.3) is 0 Å². The zero-order valence-electron chi connectivity index (χ0n) is 9.60. The summed E-state index contributed by atoms with van der Waals surface area (Å²) < 4.78 is 5.01. The number of benzene rings is 1. The summed E-state index contributed by atoms with van der Waals surface area (Å²) in [6, 6.07) is 10.3. The van der Waals surface area contributed by atoms with Crippen LogP contribution in [0.15, 0.2) is 36.4 Å². The standard InChI is InChI=1S/C13H11Cl2NO2/c1-18-11-7-3-6-10(16-11)13(17)8-4-2-5-9(14)12(8)15/h2-7,13,17H,1H3. The molecule has 0 saturated carbocycles. The molecule has 0 aliphatic heterocycles. The van der Waals surface area contributed by atoms with Crippen LogP contribution in [0.2, 0.25) is 10.0 Å². The van der Waals surface area contributed by atoms with Gasteiger partial charge >= 0.3 is 0 Å². The smallest absolute Gasteiger partial charge is 0.213 e. The number of aromatic nitrogens is 1. The molecular formula is C13H11Cl2NO2. The van der Waals surface area contributed by atoms with Gasteiger partial charge in [-0.1, -0.05) is 41.4 Å². The second-order valence-corrected chi connectivity index (χ2v) is 4.44. The van der Waals surface area contributed by atoms with Crippen LogP contribution >= 0.6 is 23.2 Å². The molecule has 5 heteroatoms. The number of halogens is 2. The number of nitrogens with zero attached hydrogens (tertiary/aromatic N) is 1. The van der Waals surface area contributed by atoms with Crippen LogP contribution < -0.4 is 4.74 Å². The van der Waals surface area contributed by atoms with Crippen molar-refractivity contribution in [2.45, 2.75) is 6.10 Å². The number of aliphatic hydroxyl groups excluding tert-OH is 1. The van der Waals surface area contributed by atoms with Gasteiger partial charge in [-0.05, 0) is 12.1 Å². The fraction of sp³-hybridized carbons (Fsp3) is 0.154. The van der Waals surface area contributed by atoms with E-state index in [2.05, 4.69) is 4.98 Å². The molecule has 0 fully saturated rings. The maximum absolute atomic E-state index is 10.3. The third-order valence-electron chi connectivity index (χ3n) is 2.51. The number of hydrogen-bond acceptors (Lipinski definition) is 3. The number of hydrogen-bond donors (Lipinski definition) is 1. The molecule has 1 atom stereocenters. The molecule has 18 heavy (non-hydrogen) atoms. The van der Waals surface area contributed by atoms with Gasteiger partial charge in [0.1, 0.15) is 6.10 Å². The largest absolute Gasteiger partial charge is 0.481 e. The summed E-state index contributed by atoms with van der Waals surface area (Å²) in [7, 11) is 1.52. The van der Waals surface area contributed by atoms with Gasteiger partial charge in [0.05, 0.1) is 22.8 Å². The maximum Gasteiger partial charge on any atom is 0.213 e. The van der Waals surface area contributed by atoms with Crippen LogP contribution in [0, 0.1) is 0 Å². The monoisotopic (exact) mass is 283 g/mol. The van der Waals surface area contributed by atoms with E-state index < -0.39 is 6.10 Å². The average molecular weight is 284 g/mol. The Morgan fingerprint density at radius 1 is 1.17 bits per heavy atom.